The molecule has 2 aromatic rings. The quantitative estimate of drug-likeness (QED) is 0.625. The number of nitrogens with zero attached hydrogens (tertiary/aromatic N) is 2. The van der Waals surface area contributed by atoms with Gasteiger partial charge in [0.25, 0.3) is 0 Å². The van der Waals surface area contributed by atoms with Gasteiger partial charge in [0, 0.05) is 50.9 Å². The molecule has 2 heterocycles. The Morgan fingerprint density at radius 1 is 1.00 bits per heavy atom. The summed E-state index contributed by atoms with van der Waals surface area (Å²) in [6.45, 7) is 7.57. The van der Waals surface area contributed by atoms with E-state index in [1.807, 2.05) is 18.2 Å². The van der Waals surface area contributed by atoms with E-state index in [9.17, 15) is 9.59 Å². The Balaban J connectivity index is 1.37. The van der Waals surface area contributed by atoms with Gasteiger partial charge in [-0.15, -0.1) is 0 Å². The van der Waals surface area contributed by atoms with Crippen LogP contribution in [0, 0.1) is 5.92 Å². The van der Waals surface area contributed by atoms with Gasteiger partial charge < -0.3 is 24.4 Å². The van der Waals surface area contributed by atoms with E-state index in [-0.39, 0.29) is 30.4 Å². The molecule has 2 amide bonds. The molecule has 35 heavy (non-hydrogen) atoms. The molecule has 0 radical (unpaired) electrons. The molecule has 8 heteroatoms. The summed E-state index contributed by atoms with van der Waals surface area (Å²) in [6, 6.07) is 13.5. The number of carbonyl (C=O) groups is 2. The second-order valence-corrected chi connectivity index (χ2v) is 9.38. The topological polar surface area (TPSA) is 80.3 Å². The lowest BCUT2D eigenvalue weighted by Crippen LogP contribution is -2.45. The van der Waals surface area contributed by atoms with Crippen molar-refractivity contribution in [3.05, 3.63) is 53.6 Å². The zero-order valence-corrected chi connectivity index (χ0v) is 21.0. The highest BCUT2D eigenvalue weighted by Crippen LogP contribution is 2.34. The third kappa shape index (κ3) is 5.94. The van der Waals surface area contributed by atoms with Gasteiger partial charge >= 0.3 is 0 Å². The van der Waals surface area contributed by atoms with E-state index in [1.54, 1.807) is 31.3 Å². The molecule has 4 rings (SSSR count). The molecule has 0 saturated carbocycles. The molecule has 3 atom stereocenters. The smallest absolute Gasteiger partial charge is 0.227 e. The maximum Gasteiger partial charge on any atom is 0.227 e. The van der Waals surface area contributed by atoms with Crippen molar-refractivity contribution < 1.29 is 23.8 Å². The predicted octanol–water partition coefficient (Wildman–Crippen LogP) is 2.98. The minimum atomic E-state index is -0.399. The summed E-state index contributed by atoms with van der Waals surface area (Å²) < 4.78 is 16.5. The number of nitrogens with one attached hydrogen (secondary N) is 1. The molecule has 2 saturated heterocycles. The molecule has 0 spiro atoms. The van der Waals surface area contributed by atoms with Crippen molar-refractivity contribution in [1.29, 1.82) is 0 Å². The van der Waals surface area contributed by atoms with Crippen LogP contribution in [-0.4, -0.2) is 62.8 Å². The number of rotatable bonds is 8. The standard InChI is InChI=1S/C27H35N3O5/c1-18-14-29(15-19(2)35-18)16-21-8-6-5-7-20(21)13-28-27(32)22-11-26(31)30(17-22)23-9-10-24(33-3)25(12-23)34-4/h5-10,12,18-19,22H,11,13-17H2,1-4H3,(H,28,32). The highest BCUT2D eigenvalue weighted by Gasteiger charge is 2.35. The summed E-state index contributed by atoms with van der Waals surface area (Å²) in [5.41, 5.74) is 2.99. The summed E-state index contributed by atoms with van der Waals surface area (Å²) in [7, 11) is 3.13. The van der Waals surface area contributed by atoms with E-state index in [0.29, 0.717) is 30.3 Å². The Morgan fingerprint density at radius 3 is 2.37 bits per heavy atom. The van der Waals surface area contributed by atoms with E-state index in [2.05, 4.69) is 36.2 Å². The Bertz CT molecular complexity index is 1050. The molecule has 8 nitrogen and oxygen atoms in total. The van der Waals surface area contributed by atoms with Crippen LogP contribution < -0.4 is 19.7 Å². The van der Waals surface area contributed by atoms with E-state index < -0.39 is 5.92 Å². The average molecular weight is 482 g/mol. The first-order valence-corrected chi connectivity index (χ1v) is 12.1. The zero-order valence-electron chi connectivity index (χ0n) is 21.0. The predicted molar refractivity (Wildman–Crippen MR) is 134 cm³/mol. The summed E-state index contributed by atoms with van der Waals surface area (Å²) in [5, 5.41) is 3.06. The van der Waals surface area contributed by atoms with Crippen LogP contribution in [0.3, 0.4) is 0 Å². The van der Waals surface area contributed by atoms with Crippen molar-refractivity contribution >= 4 is 17.5 Å². The lowest BCUT2D eigenvalue weighted by molar-refractivity contribution is -0.126. The number of morpholine rings is 1. The minimum Gasteiger partial charge on any atom is -0.493 e. The van der Waals surface area contributed by atoms with E-state index in [4.69, 9.17) is 14.2 Å². The van der Waals surface area contributed by atoms with Gasteiger partial charge in [-0.3, -0.25) is 14.5 Å². The Morgan fingerprint density at radius 2 is 1.69 bits per heavy atom. The van der Waals surface area contributed by atoms with Crippen LogP contribution >= 0.6 is 0 Å². The number of hydrogen-bond donors (Lipinski definition) is 1. The van der Waals surface area contributed by atoms with E-state index >= 15 is 0 Å². The number of hydrogen-bond acceptors (Lipinski definition) is 6. The fraction of sp³-hybridized carbons (Fsp3) is 0.481. The first kappa shape index (κ1) is 25.0. The second kappa shape index (κ2) is 11.1. The first-order chi connectivity index (χ1) is 16.9. The van der Waals surface area contributed by atoms with Gasteiger partial charge in [0.05, 0.1) is 32.3 Å². The lowest BCUT2D eigenvalue weighted by atomic mass is 10.0. The molecule has 2 aliphatic rings. The number of benzene rings is 2. The molecule has 2 aromatic carbocycles. The normalized spacial score (nSPS) is 22.8. The van der Waals surface area contributed by atoms with Gasteiger partial charge in [-0.1, -0.05) is 24.3 Å². The first-order valence-electron chi connectivity index (χ1n) is 12.1. The van der Waals surface area contributed by atoms with Crippen molar-refractivity contribution in [2.45, 2.75) is 45.6 Å². The number of anilines is 1. The Kier molecular flexibility index (Phi) is 7.93. The molecule has 1 N–H and O–H groups in total. The van der Waals surface area contributed by atoms with Crippen LogP contribution in [0.25, 0.3) is 0 Å². The van der Waals surface area contributed by atoms with Gasteiger partial charge in [-0.25, -0.2) is 0 Å². The molecule has 2 aliphatic heterocycles. The third-order valence-corrected chi connectivity index (χ3v) is 6.64. The molecule has 0 aromatic heterocycles. The van der Waals surface area contributed by atoms with Gasteiger partial charge in [-0.05, 0) is 37.1 Å². The van der Waals surface area contributed by atoms with Crippen LogP contribution in [0.4, 0.5) is 5.69 Å². The van der Waals surface area contributed by atoms with Gasteiger partial charge in [0.2, 0.25) is 11.8 Å². The number of ether oxygens (including phenoxy) is 3. The van der Waals surface area contributed by atoms with Crippen molar-refractivity contribution in [1.82, 2.24) is 10.2 Å². The summed E-state index contributed by atoms with van der Waals surface area (Å²) in [6.07, 6.45) is 0.601. The molecule has 0 aliphatic carbocycles. The SMILES string of the molecule is COc1ccc(N2CC(C(=O)NCc3ccccc3CN3CC(C)OC(C)C3)CC2=O)cc1OC. The van der Waals surface area contributed by atoms with Crippen molar-refractivity contribution in [3.63, 3.8) is 0 Å². The Labute approximate surface area is 207 Å². The molecule has 3 unspecified atom stereocenters. The van der Waals surface area contributed by atoms with Crippen molar-refractivity contribution in [2.75, 3.05) is 38.8 Å². The van der Waals surface area contributed by atoms with Crippen molar-refractivity contribution in [2.24, 2.45) is 5.92 Å². The highest BCUT2D eigenvalue weighted by molar-refractivity contribution is 6.00. The molecule has 188 valence electrons. The van der Waals surface area contributed by atoms with Crippen LogP contribution in [0.2, 0.25) is 0 Å². The van der Waals surface area contributed by atoms with E-state index in [0.717, 1.165) is 25.2 Å². The average Bonchev–Trinajstić information content (AvgIpc) is 3.24. The van der Waals surface area contributed by atoms with E-state index in [1.165, 1.54) is 5.56 Å². The van der Waals surface area contributed by atoms with Crippen LogP contribution in [0.15, 0.2) is 42.5 Å². The minimum absolute atomic E-state index is 0.0756. The largest absolute Gasteiger partial charge is 0.493 e. The van der Waals surface area contributed by atoms with Gasteiger partial charge in [0.15, 0.2) is 11.5 Å². The number of methoxy groups -OCH3 is 2. The Hall–Kier alpha value is -3.10. The van der Waals surface area contributed by atoms with Crippen LogP contribution in [0.5, 0.6) is 11.5 Å². The fourth-order valence-corrected chi connectivity index (χ4v) is 4.99. The van der Waals surface area contributed by atoms with Crippen molar-refractivity contribution in [3.8, 4) is 11.5 Å². The third-order valence-electron chi connectivity index (χ3n) is 6.64. The lowest BCUT2D eigenvalue weighted by Gasteiger charge is -2.35. The maximum atomic E-state index is 13.0. The summed E-state index contributed by atoms with van der Waals surface area (Å²) >= 11 is 0. The van der Waals surface area contributed by atoms with Gasteiger partial charge in [0.1, 0.15) is 0 Å². The molecular formula is C27H35N3O5. The maximum absolute atomic E-state index is 13.0. The molecule has 2 fully saturated rings. The number of amides is 2. The monoisotopic (exact) mass is 481 g/mol. The zero-order chi connectivity index (χ0) is 24.9. The molecular weight excluding hydrogens is 446 g/mol. The summed E-state index contributed by atoms with van der Waals surface area (Å²) in [4.78, 5) is 29.7. The fourth-order valence-electron chi connectivity index (χ4n) is 4.99. The van der Waals surface area contributed by atoms with Gasteiger partial charge in [-0.2, -0.15) is 0 Å². The van der Waals surface area contributed by atoms with Crippen LogP contribution in [-0.2, 0) is 27.4 Å². The number of carbonyl (C=O) groups excluding carboxylic acids is 2. The second-order valence-electron chi connectivity index (χ2n) is 9.38. The highest BCUT2D eigenvalue weighted by atomic mass is 16.5. The van der Waals surface area contributed by atoms with Crippen LogP contribution in [0.1, 0.15) is 31.4 Å². The molecule has 0 bridgehead atoms. The summed E-state index contributed by atoms with van der Waals surface area (Å²) in [5.74, 6) is 0.560.